The first-order valence-corrected chi connectivity index (χ1v) is 10.3. The quantitative estimate of drug-likeness (QED) is 0.766. The minimum atomic E-state index is -5.08. The van der Waals surface area contributed by atoms with Crippen molar-refractivity contribution in [1.82, 2.24) is 9.97 Å². The van der Waals surface area contributed by atoms with Gasteiger partial charge >= 0.3 is 12.1 Å². The van der Waals surface area contributed by atoms with E-state index in [1.807, 2.05) is 12.3 Å². The largest absolute Gasteiger partial charge is 0.490 e. The molecule has 2 atom stereocenters. The molecule has 0 spiro atoms. The number of halogens is 3. The summed E-state index contributed by atoms with van der Waals surface area (Å²) in [6, 6.07) is 2.01. The lowest BCUT2D eigenvalue weighted by atomic mass is 9.73. The Balaban J connectivity index is 0.000000318. The van der Waals surface area contributed by atoms with Crippen LogP contribution in [0.15, 0.2) is 18.6 Å². The van der Waals surface area contributed by atoms with E-state index in [2.05, 4.69) is 14.9 Å². The number of aliphatic carboxylic acids is 1. The van der Waals surface area contributed by atoms with Gasteiger partial charge in [0, 0.05) is 37.9 Å². The maximum atomic E-state index is 10.6. The van der Waals surface area contributed by atoms with Crippen molar-refractivity contribution < 1.29 is 32.5 Å². The van der Waals surface area contributed by atoms with E-state index < -0.39 is 12.1 Å². The number of rotatable bonds is 5. The van der Waals surface area contributed by atoms with Gasteiger partial charge in [-0.3, -0.25) is 0 Å². The van der Waals surface area contributed by atoms with Crippen LogP contribution in [0.25, 0.3) is 0 Å². The Morgan fingerprint density at radius 3 is 2.70 bits per heavy atom. The zero-order chi connectivity index (χ0) is 21.6. The molecule has 7 nitrogen and oxygen atoms in total. The van der Waals surface area contributed by atoms with Crippen molar-refractivity contribution in [2.45, 2.75) is 50.8 Å². The lowest BCUT2D eigenvalue weighted by Gasteiger charge is -2.50. The smallest absolute Gasteiger partial charge is 0.475 e. The SMILES string of the molecule is O=C(O)C(F)(F)F.c1cc(N2CCC3OCCCC3(COCC3CCC3)C2)ncn1. The van der Waals surface area contributed by atoms with Crippen LogP contribution >= 0.6 is 0 Å². The summed E-state index contributed by atoms with van der Waals surface area (Å²) >= 11 is 0. The highest BCUT2D eigenvalue weighted by atomic mass is 19.4. The standard InChI is InChI=1S/C18H27N3O2.C2HF3O2/c1-3-15(4-1)11-22-13-18-7-2-10-23-16(18)6-9-21(12-18)17-5-8-19-14-20-17;3-2(4,5)1(6)7/h5,8,14-16H,1-4,6-7,9-13H2;(H,6,7). The summed E-state index contributed by atoms with van der Waals surface area (Å²) in [6.07, 6.45) is 6.20. The Morgan fingerprint density at radius 1 is 1.33 bits per heavy atom. The van der Waals surface area contributed by atoms with E-state index in [9.17, 15) is 13.2 Å². The van der Waals surface area contributed by atoms with Crippen LogP contribution in [0.4, 0.5) is 19.0 Å². The lowest BCUT2D eigenvalue weighted by Crippen LogP contribution is -2.57. The number of carboxylic acid groups (broad SMARTS) is 1. The Bertz CT molecular complexity index is 688. The molecule has 1 aromatic heterocycles. The second kappa shape index (κ2) is 9.91. The fourth-order valence-electron chi connectivity index (χ4n) is 4.26. The van der Waals surface area contributed by atoms with Crippen molar-refractivity contribution in [1.29, 1.82) is 0 Å². The molecule has 3 fully saturated rings. The van der Waals surface area contributed by atoms with Gasteiger partial charge in [0.1, 0.15) is 12.1 Å². The predicted octanol–water partition coefficient (Wildman–Crippen LogP) is 3.30. The normalized spacial score (nSPS) is 26.8. The second-order valence-corrected chi connectivity index (χ2v) is 8.22. The van der Waals surface area contributed by atoms with E-state index in [0.29, 0.717) is 6.10 Å². The minimum absolute atomic E-state index is 0.130. The summed E-state index contributed by atoms with van der Waals surface area (Å²) in [6.45, 7) is 4.66. The van der Waals surface area contributed by atoms with E-state index in [-0.39, 0.29) is 5.41 Å². The van der Waals surface area contributed by atoms with E-state index in [0.717, 1.165) is 57.5 Å². The first-order chi connectivity index (χ1) is 14.3. The van der Waals surface area contributed by atoms with E-state index in [1.165, 1.54) is 25.7 Å². The van der Waals surface area contributed by atoms with Crippen LogP contribution in [0.2, 0.25) is 0 Å². The van der Waals surface area contributed by atoms with Gasteiger partial charge in [0.15, 0.2) is 0 Å². The highest BCUT2D eigenvalue weighted by Crippen LogP contribution is 2.41. The highest BCUT2D eigenvalue weighted by molar-refractivity contribution is 5.73. The number of nitrogens with zero attached hydrogens (tertiary/aromatic N) is 3. The number of anilines is 1. The molecule has 0 aromatic carbocycles. The molecule has 2 saturated heterocycles. The molecule has 0 bridgehead atoms. The Hall–Kier alpha value is -1.94. The molecule has 2 unspecified atom stereocenters. The molecule has 1 aliphatic carbocycles. The van der Waals surface area contributed by atoms with Gasteiger partial charge < -0.3 is 19.5 Å². The van der Waals surface area contributed by atoms with Crippen LogP contribution in [0.3, 0.4) is 0 Å². The molecule has 1 saturated carbocycles. The molecule has 0 radical (unpaired) electrons. The Labute approximate surface area is 173 Å². The summed E-state index contributed by atoms with van der Waals surface area (Å²) in [4.78, 5) is 19.8. The number of carbonyl (C=O) groups is 1. The fourth-order valence-corrected chi connectivity index (χ4v) is 4.26. The second-order valence-electron chi connectivity index (χ2n) is 8.22. The minimum Gasteiger partial charge on any atom is -0.475 e. The summed E-state index contributed by atoms with van der Waals surface area (Å²) in [5.41, 5.74) is 0.130. The van der Waals surface area contributed by atoms with Gasteiger partial charge in [0.05, 0.1) is 12.7 Å². The van der Waals surface area contributed by atoms with E-state index in [4.69, 9.17) is 19.4 Å². The van der Waals surface area contributed by atoms with Gasteiger partial charge in [-0.1, -0.05) is 6.42 Å². The van der Waals surface area contributed by atoms with Crippen LogP contribution in [-0.4, -0.2) is 66.2 Å². The molecule has 1 aromatic rings. The number of alkyl halides is 3. The van der Waals surface area contributed by atoms with Crippen molar-refractivity contribution in [2.75, 3.05) is 37.8 Å². The first-order valence-electron chi connectivity index (χ1n) is 10.3. The van der Waals surface area contributed by atoms with Crippen molar-refractivity contribution in [3.63, 3.8) is 0 Å². The summed E-state index contributed by atoms with van der Waals surface area (Å²) in [5, 5.41) is 7.12. The van der Waals surface area contributed by atoms with Crippen molar-refractivity contribution >= 4 is 11.8 Å². The van der Waals surface area contributed by atoms with Gasteiger partial charge in [0.25, 0.3) is 0 Å². The molecular weight excluding hydrogens is 403 g/mol. The van der Waals surface area contributed by atoms with Crippen LogP contribution in [0.5, 0.6) is 0 Å². The third kappa shape index (κ3) is 5.81. The average Bonchev–Trinajstić information content (AvgIpc) is 2.70. The number of ether oxygens (including phenoxy) is 2. The average molecular weight is 431 g/mol. The van der Waals surface area contributed by atoms with Crippen molar-refractivity contribution in [2.24, 2.45) is 11.3 Å². The third-order valence-electron chi connectivity index (χ3n) is 6.09. The summed E-state index contributed by atoms with van der Waals surface area (Å²) < 4.78 is 44.0. The van der Waals surface area contributed by atoms with Gasteiger partial charge in [-0.25, -0.2) is 14.8 Å². The lowest BCUT2D eigenvalue weighted by molar-refractivity contribution is -0.192. The zero-order valence-electron chi connectivity index (χ0n) is 16.8. The number of fused-ring (bicyclic) bond motifs is 1. The van der Waals surface area contributed by atoms with Crippen molar-refractivity contribution in [3.8, 4) is 0 Å². The molecule has 30 heavy (non-hydrogen) atoms. The molecule has 10 heteroatoms. The molecule has 3 aliphatic rings. The highest BCUT2D eigenvalue weighted by Gasteiger charge is 2.46. The number of aromatic nitrogens is 2. The van der Waals surface area contributed by atoms with Crippen LogP contribution < -0.4 is 4.90 Å². The summed E-state index contributed by atoms with van der Waals surface area (Å²) in [7, 11) is 0. The van der Waals surface area contributed by atoms with Gasteiger partial charge in [0.2, 0.25) is 0 Å². The third-order valence-corrected chi connectivity index (χ3v) is 6.09. The summed E-state index contributed by atoms with van der Waals surface area (Å²) in [5.74, 6) is -0.925. The molecule has 4 rings (SSSR count). The van der Waals surface area contributed by atoms with Crippen LogP contribution in [-0.2, 0) is 14.3 Å². The van der Waals surface area contributed by atoms with Gasteiger partial charge in [-0.2, -0.15) is 13.2 Å². The molecule has 2 aliphatic heterocycles. The van der Waals surface area contributed by atoms with Gasteiger partial charge in [-0.05, 0) is 44.1 Å². The molecule has 168 valence electrons. The molecule has 3 heterocycles. The Morgan fingerprint density at radius 2 is 2.10 bits per heavy atom. The van der Waals surface area contributed by atoms with Crippen molar-refractivity contribution in [3.05, 3.63) is 18.6 Å². The molecular formula is C20H28F3N3O4. The van der Waals surface area contributed by atoms with Crippen LogP contribution in [0, 0.1) is 11.3 Å². The first kappa shape index (κ1) is 22.7. The van der Waals surface area contributed by atoms with E-state index >= 15 is 0 Å². The molecule has 0 amide bonds. The number of hydrogen-bond acceptors (Lipinski definition) is 6. The number of hydrogen-bond donors (Lipinski definition) is 1. The topological polar surface area (TPSA) is 84.8 Å². The maximum absolute atomic E-state index is 10.6. The number of carboxylic acids is 1. The fraction of sp³-hybridized carbons (Fsp3) is 0.750. The molecule has 1 N–H and O–H groups in total. The van der Waals surface area contributed by atoms with E-state index in [1.54, 1.807) is 6.33 Å². The van der Waals surface area contributed by atoms with Gasteiger partial charge in [-0.15, -0.1) is 0 Å². The Kier molecular flexibility index (Phi) is 7.51. The maximum Gasteiger partial charge on any atom is 0.490 e. The number of piperidine rings is 1. The zero-order valence-corrected chi connectivity index (χ0v) is 16.8. The predicted molar refractivity (Wildman–Crippen MR) is 102 cm³/mol. The van der Waals surface area contributed by atoms with Crippen LogP contribution in [0.1, 0.15) is 38.5 Å². The monoisotopic (exact) mass is 431 g/mol.